The summed E-state index contributed by atoms with van der Waals surface area (Å²) in [5.41, 5.74) is 0. The van der Waals surface area contributed by atoms with Gasteiger partial charge in [0.15, 0.2) is 6.10 Å². The highest BCUT2D eigenvalue weighted by Crippen LogP contribution is 2.16. The number of carboxylic acids is 2. The van der Waals surface area contributed by atoms with Crippen molar-refractivity contribution in [2.24, 2.45) is 0 Å². The molecule has 292 valence electrons. The second-order valence-corrected chi connectivity index (χ2v) is 14.7. The van der Waals surface area contributed by atoms with Gasteiger partial charge in [-0.2, -0.15) is 0 Å². The number of aliphatic carboxylic acids is 2. The van der Waals surface area contributed by atoms with E-state index < -0.39 is 24.0 Å². The smallest absolute Gasteiger partial charge is 0.345 e. The number of hydrogen-bond donors (Lipinski definition) is 2. The predicted molar refractivity (Wildman–Crippen MR) is 210 cm³/mol. The van der Waals surface area contributed by atoms with Crippen LogP contribution in [-0.2, 0) is 19.1 Å². The van der Waals surface area contributed by atoms with Gasteiger partial charge in [0, 0.05) is 12.8 Å². The average molecular weight is 706 g/mol. The summed E-state index contributed by atoms with van der Waals surface area (Å²) in [6.45, 7) is 0.786. The van der Waals surface area contributed by atoms with Crippen LogP contribution >= 0.6 is 0 Å². The predicted octanol–water partition coefficient (Wildman–Crippen LogP) is 12.2. The number of hydrogen-bond acceptors (Lipinski definition) is 5. The molecule has 0 spiro atoms. The first kappa shape index (κ1) is 47.8. The molecular weight excluding hydrogens is 626 g/mol. The van der Waals surface area contributed by atoms with Crippen molar-refractivity contribution in [2.75, 3.05) is 20.6 Å². The molecular formula is C43H79NO6. The quantitative estimate of drug-likeness (QED) is 0.0372. The molecule has 7 heteroatoms. The molecule has 0 aliphatic rings. The fourth-order valence-corrected chi connectivity index (χ4v) is 6.30. The molecule has 0 fully saturated rings. The lowest BCUT2D eigenvalue weighted by molar-refractivity contribution is -0.164. The second-order valence-electron chi connectivity index (χ2n) is 14.7. The topological polar surface area (TPSA) is 104 Å². The third-order valence-electron chi connectivity index (χ3n) is 9.46. The maximum absolute atomic E-state index is 11.9. The molecule has 0 aromatic carbocycles. The largest absolute Gasteiger partial charge is 0.481 e. The van der Waals surface area contributed by atoms with E-state index in [1.807, 2.05) is 19.0 Å². The maximum atomic E-state index is 11.9. The summed E-state index contributed by atoms with van der Waals surface area (Å²) in [4.78, 5) is 35.8. The van der Waals surface area contributed by atoms with Gasteiger partial charge >= 0.3 is 17.9 Å². The SMILES string of the molecule is CN(C)CCCC(=O)OC(CCCCCCC=CCCCCCCCCCCCCCCCCCC=CCCCCCCCC(=O)O)C(=O)O. The first-order valence-corrected chi connectivity index (χ1v) is 20.9. The summed E-state index contributed by atoms with van der Waals surface area (Å²) in [6.07, 6.45) is 44.8. The summed E-state index contributed by atoms with van der Waals surface area (Å²) >= 11 is 0. The average Bonchev–Trinajstić information content (AvgIpc) is 3.07. The van der Waals surface area contributed by atoms with Gasteiger partial charge in [-0.25, -0.2) is 4.79 Å². The van der Waals surface area contributed by atoms with Crippen LogP contribution in [-0.4, -0.2) is 59.8 Å². The first-order chi connectivity index (χ1) is 24.3. The number of rotatable bonds is 39. The molecule has 1 atom stereocenters. The third-order valence-corrected chi connectivity index (χ3v) is 9.46. The minimum Gasteiger partial charge on any atom is -0.481 e. The number of carbonyl (C=O) groups is 3. The molecule has 2 N–H and O–H groups in total. The summed E-state index contributed by atoms with van der Waals surface area (Å²) in [5.74, 6) is -2.12. The van der Waals surface area contributed by atoms with Crippen molar-refractivity contribution in [1.82, 2.24) is 4.90 Å². The summed E-state index contributed by atoms with van der Waals surface area (Å²) in [6, 6.07) is 0. The molecule has 0 aliphatic carbocycles. The zero-order valence-corrected chi connectivity index (χ0v) is 32.7. The fraction of sp³-hybridized carbons (Fsp3) is 0.837. The zero-order chi connectivity index (χ0) is 36.8. The summed E-state index contributed by atoms with van der Waals surface area (Å²) in [7, 11) is 3.89. The van der Waals surface area contributed by atoms with Gasteiger partial charge in [-0.1, -0.05) is 140 Å². The van der Waals surface area contributed by atoms with Crippen LogP contribution in [0.1, 0.15) is 205 Å². The van der Waals surface area contributed by atoms with E-state index >= 15 is 0 Å². The lowest BCUT2D eigenvalue weighted by atomic mass is 10.0. The molecule has 1 unspecified atom stereocenters. The molecule has 0 aromatic rings. The molecule has 0 aromatic heterocycles. The highest BCUT2D eigenvalue weighted by atomic mass is 16.6. The molecule has 0 saturated carbocycles. The molecule has 0 bridgehead atoms. The molecule has 50 heavy (non-hydrogen) atoms. The third kappa shape index (κ3) is 38.6. The summed E-state index contributed by atoms with van der Waals surface area (Å²) < 4.78 is 5.19. The van der Waals surface area contributed by atoms with Crippen LogP contribution in [0.25, 0.3) is 0 Å². The first-order valence-electron chi connectivity index (χ1n) is 20.9. The fourth-order valence-electron chi connectivity index (χ4n) is 6.30. The van der Waals surface area contributed by atoms with Crippen LogP contribution in [0.2, 0.25) is 0 Å². The Balaban J connectivity index is 3.34. The minimum atomic E-state index is -1.04. The van der Waals surface area contributed by atoms with Gasteiger partial charge in [-0.3, -0.25) is 9.59 Å². The van der Waals surface area contributed by atoms with E-state index in [0.717, 1.165) is 57.9 Å². The zero-order valence-electron chi connectivity index (χ0n) is 32.7. The van der Waals surface area contributed by atoms with Gasteiger partial charge in [-0.05, 0) is 97.7 Å². The number of ether oxygens (including phenoxy) is 1. The van der Waals surface area contributed by atoms with Gasteiger partial charge in [0.25, 0.3) is 0 Å². The Morgan fingerprint density at radius 3 is 1.16 bits per heavy atom. The van der Waals surface area contributed by atoms with Gasteiger partial charge in [0.2, 0.25) is 0 Å². The molecule has 7 nitrogen and oxygen atoms in total. The van der Waals surface area contributed by atoms with Crippen molar-refractivity contribution in [3.8, 4) is 0 Å². The monoisotopic (exact) mass is 706 g/mol. The number of esters is 1. The highest BCUT2D eigenvalue weighted by Gasteiger charge is 2.21. The standard InChI is InChI=1S/C43H79NO6/c1-44(2)39-35-38-42(47)50-40(43(48)49)36-33-31-29-27-25-23-21-19-17-15-13-11-9-7-5-3-4-6-8-10-12-14-16-18-20-22-24-26-28-30-32-34-37-41(45)46/h20-23,40H,3-19,24-39H2,1-2H3,(H,45,46)(H,48,49). The normalized spacial score (nSPS) is 12.4. The van der Waals surface area contributed by atoms with Crippen LogP contribution in [0, 0.1) is 0 Å². The molecule has 0 amide bonds. The van der Waals surface area contributed by atoms with E-state index in [0.29, 0.717) is 19.3 Å². The second kappa shape index (κ2) is 38.1. The molecule has 0 rings (SSSR count). The molecule has 0 saturated heterocycles. The summed E-state index contributed by atoms with van der Waals surface area (Å²) in [5, 5.41) is 18.0. The van der Waals surface area contributed by atoms with E-state index in [4.69, 9.17) is 9.84 Å². The number of nitrogens with zero attached hydrogens (tertiary/aromatic N) is 1. The highest BCUT2D eigenvalue weighted by molar-refractivity contribution is 5.77. The molecule has 0 radical (unpaired) electrons. The van der Waals surface area contributed by atoms with E-state index in [9.17, 15) is 19.5 Å². The van der Waals surface area contributed by atoms with Gasteiger partial charge in [0.05, 0.1) is 0 Å². The Morgan fingerprint density at radius 1 is 0.480 bits per heavy atom. The van der Waals surface area contributed by atoms with Gasteiger partial charge in [-0.15, -0.1) is 0 Å². The van der Waals surface area contributed by atoms with E-state index in [1.54, 1.807) is 0 Å². The molecule has 0 aliphatic heterocycles. The van der Waals surface area contributed by atoms with E-state index in [2.05, 4.69) is 24.3 Å². The van der Waals surface area contributed by atoms with Gasteiger partial charge < -0.3 is 19.8 Å². The van der Waals surface area contributed by atoms with Crippen LogP contribution in [0.5, 0.6) is 0 Å². The number of unbranched alkanes of at least 4 members (excludes halogenated alkanes) is 25. The Morgan fingerprint density at radius 2 is 0.820 bits per heavy atom. The maximum Gasteiger partial charge on any atom is 0.345 e. The van der Waals surface area contributed by atoms with Crippen molar-refractivity contribution in [3.05, 3.63) is 24.3 Å². The van der Waals surface area contributed by atoms with Crippen molar-refractivity contribution in [1.29, 1.82) is 0 Å². The number of allylic oxidation sites excluding steroid dienone is 4. The van der Waals surface area contributed by atoms with Crippen LogP contribution in [0.3, 0.4) is 0 Å². The lowest BCUT2D eigenvalue weighted by Crippen LogP contribution is -2.27. The van der Waals surface area contributed by atoms with E-state index in [1.165, 1.54) is 128 Å². The van der Waals surface area contributed by atoms with Crippen molar-refractivity contribution in [2.45, 2.75) is 212 Å². The lowest BCUT2D eigenvalue weighted by Gasteiger charge is -2.14. The van der Waals surface area contributed by atoms with Gasteiger partial charge in [0.1, 0.15) is 0 Å². The van der Waals surface area contributed by atoms with Crippen LogP contribution < -0.4 is 0 Å². The van der Waals surface area contributed by atoms with Crippen molar-refractivity contribution in [3.63, 3.8) is 0 Å². The Kier molecular flexibility index (Phi) is 36.5. The van der Waals surface area contributed by atoms with Crippen LogP contribution in [0.15, 0.2) is 24.3 Å². The Labute approximate surface area is 308 Å². The Hall–Kier alpha value is -2.15. The minimum absolute atomic E-state index is 0.265. The molecule has 0 heterocycles. The number of carbonyl (C=O) groups excluding carboxylic acids is 1. The Bertz CT molecular complexity index is 839. The van der Waals surface area contributed by atoms with Crippen LogP contribution in [0.4, 0.5) is 0 Å². The van der Waals surface area contributed by atoms with Crippen molar-refractivity contribution >= 4 is 17.9 Å². The van der Waals surface area contributed by atoms with E-state index in [-0.39, 0.29) is 6.42 Å². The number of carboxylic acid groups (broad SMARTS) is 2. The van der Waals surface area contributed by atoms with Crippen molar-refractivity contribution < 1.29 is 29.3 Å².